The molecule has 0 saturated heterocycles. The van der Waals surface area contributed by atoms with Gasteiger partial charge >= 0.3 is 0 Å². The average molecular weight is 211 g/mol. The smallest absolute Gasteiger partial charge is 0.0979 e. The van der Waals surface area contributed by atoms with Crippen LogP contribution in [0.25, 0.3) is 0 Å². The summed E-state index contributed by atoms with van der Waals surface area (Å²) in [6.45, 7) is 6.21. The molecule has 0 spiro atoms. The van der Waals surface area contributed by atoms with E-state index in [0.717, 1.165) is 34.8 Å². The second-order valence-corrected chi connectivity index (χ2v) is 5.64. The molecule has 0 aliphatic heterocycles. The number of hydrogen-bond acceptors (Lipinski definition) is 3. The third-order valence-electron chi connectivity index (χ3n) is 2.77. The van der Waals surface area contributed by atoms with E-state index in [2.05, 4.69) is 18.8 Å². The van der Waals surface area contributed by atoms with Gasteiger partial charge in [0.15, 0.2) is 0 Å². The van der Waals surface area contributed by atoms with Crippen LogP contribution in [0.5, 0.6) is 0 Å². The SMILES string of the molecule is CC(C)c1nc2c(s1)C(C)(O)CCC2. The van der Waals surface area contributed by atoms with Gasteiger partial charge in [-0.05, 0) is 26.2 Å². The Morgan fingerprint density at radius 3 is 2.79 bits per heavy atom. The van der Waals surface area contributed by atoms with E-state index in [9.17, 15) is 5.11 Å². The molecular weight excluding hydrogens is 194 g/mol. The fraction of sp³-hybridized carbons (Fsp3) is 0.727. The molecule has 2 rings (SSSR count). The molecule has 1 aliphatic rings. The Morgan fingerprint density at radius 2 is 2.21 bits per heavy atom. The number of hydrogen-bond donors (Lipinski definition) is 1. The number of aryl methyl sites for hydroxylation is 1. The van der Waals surface area contributed by atoms with Crippen LogP contribution < -0.4 is 0 Å². The van der Waals surface area contributed by atoms with E-state index in [0.29, 0.717) is 5.92 Å². The first kappa shape index (κ1) is 10.1. The molecule has 1 aliphatic carbocycles. The number of fused-ring (bicyclic) bond motifs is 1. The van der Waals surface area contributed by atoms with E-state index < -0.39 is 5.60 Å². The Balaban J connectivity index is 2.44. The predicted molar refractivity (Wildman–Crippen MR) is 58.7 cm³/mol. The predicted octanol–water partition coefficient (Wildman–Crippen LogP) is 2.81. The molecule has 0 amide bonds. The van der Waals surface area contributed by atoms with Crippen molar-refractivity contribution in [3.63, 3.8) is 0 Å². The van der Waals surface area contributed by atoms with Gasteiger partial charge in [-0.1, -0.05) is 13.8 Å². The van der Waals surface area contributed by atoms with Crippen molar-refractivity contribution in [2.45, 2.75) is 51.6 Å². The molecule has 3 heteroatoms. The molecule has 0 fully saturated rings. The van der Waals surface area contributed by atoms with Gasteiger partial charge in [-0.25, -0.2) is 4.98 Å². The highest BCUT2D eigenvalue weighted by Gasteiger charge is 2.33. The summed E-state index contributed by atoms with van der Waals surface area (Å²) in [6, 6.07) is 0. The number of rotatable bonds is 1. The molecule has 1 aromatic rings. The highest BCUT2D eigenvalue weighted by molar-refractivity contribution is 7.12. The maximum atomic E-state index is 10.2. The van der Waals surface area contributed by atoms with E-state index in [1.165, 1.54) is 0 Å². The van der Waals surface area contributed by atoms with Gasteiger partial charge in [-0.3, -0.25) is 0 Å². The lowest BCUT2D eigenvalue weighted by molar-refractivity contribution is 0.0422. The zero-order valence-corrected chi connectivity index (χ0v) is 9.82. The number of nitrogens with zero attached hydrogens (tertiary/aromatic N) is 1. The standard InChI is InChI=1S/C11H17NOS/c1-7(2)10-12-8-5-4-6-11(3,13)9(8)14-10/h7,13H,4-6H2,1-3H3. The molecule has 1 aromatic heterocycles. The Labute approximate surface area is 89.0 Å². The van der Waals surface area contributed by atoms with Gasteiger partial charge in [-0.2, -0.15) is 0 Å². The summed E-state index contributed by atoms with van der Waals surface area (Å²) < 4.78 is 0. The second-order valence-electron chi connectivity index (χ2n) is 4.61. The number of aromatic nitrogens is 1. The normalized spacial score (nSPS) is 26.6. The monoisotopic (exact) mass is 211 g/mol. The second kappa shape index (κ2) is 3.31. The Bertz CT molecular complexity index is 341. The van der Waals surface area contributed by atoms with Crippen molar-refractivity contribution in [3.05, 3.63) is 15.6 Å². The van der Waals surface area contributed by atoms with Crippen molar-refractivity contribution in [2.75, 3.05) is 0 Å². The fourth-order valence-electron chi connectivity index (χ4n) is 1.92. The molecule has 0 bridgehead atoms. The summed E-state index contributed by atoms with van der Waals surface area (Å²) in [5.74, 6) is 0.474. The van der Waals surface area contributed by atoms with Crippen molar-refractivity contribution in [2.24, 2.45) is 0 Å². The molecule has 0 saturated carbocycles. The first-order chi connectivity index (χ1) is 6.50. The third-order valence-corrected chi connectivity index (χ3v) is 4.43. The van der Waals surface area contributed by atoms with Crippen molar-refractivity contribution >= 4 is 11.3 Å². The highest BCUT2D eigenvalue weighted by atomic mass is 32.1. The first-order valence-electron chi connectivity index (χ1n) is 5.23. The van der Waals surface area contributed by atoms with E-state index in [4.69, 9.17) is 0 Å². The molecule has 0 radical (unpaired) electrons. The quantitative estimate of drug-likeness (QED) is 0.775. The van der Waals surface area contributed by atoms with Gasteiger partial charge in [-0.15, -0.1) is 11.3 Å². The van der Waals surface area contributed by atoms with Crippen LogP contribution in [0.3, 0.4) is 0 Å². The van der Waals surface area contributed by atoms with E-state index in [-0.39, 0.29) is 0 Å². The van der Waals surface area contributed by atoms with E-state index in [1.54, 1.807) is 11.3 Å². The lowest BCUT2D eigenvalue weighted by atomic mass is 9.89. The van der Waals surface area contributed by atoms with Crippen molar-refractivity contribution in [1.82, 2.24) is 4.98 Å². The molecule has 1 atom stereocenters. The minimum atomic E-state index is -0.627. The summed E-state index contributed by atoms with van der Waals surface area (Å²) in [6.07, 6.45) is 2.97. The third kappa shape index (κ3) is 1.59. The van der Waals surface area contributed by atoms with Gasteiger partial charge in [0.25, 0.3) is 0 Å². The van der Waals surface area contributed by atoms with Gasteiger partial charge in [0, 0.05) is 5.92 Å². The van der Waals surface area contributed by atoms with Crippen LogP contribution in [-0.2, 0) is 12.0 Å². The van der Waals surface area contributed by atoms with Gasteiger partial charge < -0.3 is 5.11 Å². The van der Waals surface area contributed by atoms with E-state index >= 15 is 0 Å². The summed E-state index contributed by atoms with van der Waals surface area (Å²) in [4.78, 5) is 5.71. The summed E-state index contributed by atoms with van der Waals surface area (Å²) in [5, 5.41) is 11.4. The Hall–Kier alpha value is -0.410. The van der Waals surface area contributed by atoms with Crippen LogP contribution in [0.4, 0.5) is 0 Å². The van der Waals surface area contributed by atoms with Gasteiger partial charge in [0.05, 0.1) is 21.2 Å². The Morgan fingerprint density at radius 1 is 1.50 bits per heavy atom. The molecule has 1 unspecified atom stereocenters. The molecular formula is C11H17NOS. The fourth-order valence-corrected chi connectivity index (χ4v) is 3.11. The maximum absolute atomic E-state index is 10.2. The van der Waals surface area contributed by atoms with Crippen molar-refractivity contribution in [3.8, 4) is 0 Å². The highest BCUT2D eigenvalue weighted by Crippen LogP contribution is 2.39. The number of aliphatic hydroxyl groups is 1. The molecule has 78 valence electrons. The lowest BCUT2D eigenvalue weighted by Crippen LogP contribution is -2.25. The minimum absolute atomic E-state index is 0.474. The Kier molecular flexibility index (Phi) is 2.40. The molecule has 1 heterocycles. The van der Waals surface area contributed by atoms with Crippen LogP contribution in [-0.4, -0.2) is 10.1 Å². The van der Waals surface area contributed by atoms with E-state index in [1.807, 2.05) is 6.92 Å². The van der Waals surface area contributed by atoms with Crippen LogP contribution >= 0.6 is 11.3 Å². The topological polar surface area (TPSA) is 33.1 Å². The van der Waals surface area contributed by atoms with Crippen LogP contribution in [0.15, 0.2) is 0 Å². The van der Waals surface area contributed by atoms with Gasteiger partial charge in [0.2, 0.25) is 0 Å². The van der Waals surface area contributed by atoms with Crippen LogP contribution in [0, 0.1) is 0 Å². The minimum Gasteiger partial charge on any atom is -0.385 e. The summed E-state index contributed by atoms with van der Waals surface area (Å²) in [7, 11) is 0. The van der Waals surface area contributed by atoms with Crippen LogP contribution in [0.2, 0.25) is 0 Å². The largest absolute Gasteiger partial charge is 0.385 e. The summed E-state index contributed by atoms with van der Waals surface area (Å²) in [5.41, 5.74) is 0.508. The average Bonchev–Trinajstić information content (AvgIpc) is 2.48. The molecule has 14 heavy (non-hydrogen) atoms. The van der Waals surface area contributed by atoms with Crippen molar-refractivity contribution in [1.29, 1.82) is 0 Å². The summed E-state index contributed by atoms with van der Waals surface area (Å²) >= 11 is 1.69. The van der Waals surface area contributed by atoms with Crippen LogP contribution in [0.1, 0.15) is 55.1 Å². The molecule has 1 N–H and O–H groups in total. The van der Waals surface area contributed by atoms with Gasteiger partial charge in [0.1, 0.15) is 0 Å². The molecule has 2 nitrogen and oxygen atoms in total. The first-order valence-corrected chi connectivity index (χ1v) is 6.05. The molecule has 0 aromatic carbocycles. The zero-order valence-electron chi connectivity index (χ0n) is 9.00. The maximum Gasteiger partial charge on any atom is 0.0979 e. The zero-order chi connectivity index (χ0) is 10.3. The lowest BCUT2D eigenvalue weighted by Gasteiger charge is -2.26. The van der Waals surface area contributed by atoms with Crippen molar-refractivity contribution < 1.29 is 5.11 Å². The number of thiazole rings is 1.